The van der Waals surface area contributed by atoms with Gasteiger partial charge in [0.15, 0.2) is 0 Å². The van der Waals surface area contributed by atoms with Gasteiger partial charge in [-0.3, -0.25) is 4.79 Å². The molecular formula is C16H28N2O4. The van der Waals surface area contributed by atoms with E-state index < -0.39 is 5.60 Å². The van der Waals surface area contributed by atoms with Gasteiger partial charge in [0.1, 0.15) is 5.60 Å². The minimum absolute atomic E-state index is 0.00984. The summed E-state index contributed by atoms with van der Waals surface area (Å²) in [4.78, 5) is 28.5. The molecule has 0 N–H and O–H groups in total. The van der Waals surface area contributed by atoms with Crippen molar-refractivity contribution < 1.29 is 19.1 Å². The fourth-order valence-electron chi connectivity index (χ4n) is 3.17. The number of carbonyl (C=O) groups is 2. The number of ether oxygens (including phenoxy) is 2. The molecule has 0 radical (unpaired) electrons. The van der Waals surface area contributed by atoms with E-state index >= 15 is 0 Å². The Morgan fingerprint density at radius 1 is 1.14 bits per heavy atom. The molecule has 0 aromatic carbocycles. The average Bonchev–Trinajstić information content (AvgIpc) is 2.89. The lowest BCUT2D eigenvalue weighted by Crippen LogP contribution is -2.61. The van der Waals surface area contributed by atoms with E-state index in [0.717, 1.165) is 6.42 Å². The Labute approximate surface area is 132 Å². The van der Waals surface area contributed by atoms with E-state index in [1.165, 1.54) is 0 Å². The molecule has 0 saturated carbocycles. The van der Waals surface area contributed by atoms with Crippen LogP contribution in [0.25, 0.3) is 0 Å². The largest absolute Gasteiger partial charge is 0.444 e. The Balaban J connectivity index is 1.99. The van der Waals surface area contributed by atoms with Crippen molar-refractivity contribution in [1.29, 1.82) is 0 Å². The number of piperazine rings is 1. The van der Waals surface area contributed by atoms with Crippen LogP contribution in [0.5, 0.6) is 0 Å². The molecule has 0 aromatic rings. The van der Waals surface area contributed by atoms with Gasteiger partial charge in [0, 0.05) is 31.8 Å². The van der Waals surface area contributed by atoms with Gasteiger partial charge in [-0.1, -0.05) is 0 Å². The Morgan fingerprint density at radius 3 is 2.18 bits per heavy atom. The highest BCUT2D eigenvalue weighted by atomic mass is 16.6. The third-order valence-corrected chi connectivity index (χ3v) is 4.10. The summed E-state index contributed by atoms with van der Waals surface area (Å²) in [6.45, 7) is 11.8. The van der Waals surface area contributed by atoms with E-state index in [0.29, 0.717) is 26.3 Å². The SMILES string of the molecule is C[C@@H]1CN(C(=O)OC(C)(C)C)C[C@H](C)N1C(=O)[C@@H]1CCOC1. The zero-order chi connectivity index (χ0) is 16.5. The van der Waals surface area contributed by atoms with Crippen LogP contribution in [-0.4, -0.2) is 65.8 Å². The minimum Gasteiger partial charge on any atom is -0.444 e. The van der Waals surface area contributed by atoms with Gasteiger partial charge in [0.25, 0.3) is 0 Å². The molecule has 2 saturated heterocycles. The molecule has 2 amide bonds. The maximum Gasteiger partial charge on any atom is 0.410 e. The standard InChI is InChI=1S/C16H28N2O4/c1-11-8-17(15(20)22-16(3,4)5)9-12(2)18(11)14(19)13-6-7-21-10-13/h11-13H,6-10H2,1-5H3/t11-,12+,13-/m1/s1. The molecule has 0 aromatic heterocycles. The second kappa shape index (κ2) is 6.44. The van der Waals surface area contributed by atoms with Crippen molar-refractivity contribution >= 4 is 12.0 Å². The van der Waals surface area contributed by atoms with Gasteiger partial charge in [-0.25, -0.2) is 4.79 Å². The van der Waals surface area contributed by atoms with Gasteiger partial charge < -0.3 is 19.3 Å². The molecule has 0 aliphatic carbocycles. The average molecular weight is 312 g/mol. The second-order valence-electron chi connectivity index (χ2n) is 7.39. The van der Waals surface area contributed by atoms with Crippen molar-refractivity contribution in [1.82, 2.24) is 9.80 Å². The van der Waals surface area contributed by atoms with Crippen molar-refractivity contribution in [3.8, 4) is 0 Å². The van der Waals surface area contributed by atoms with E-state index in [9.17, 15) is 9.59 Å². The summed E-state index contributed by atoms with van der Waals surface area (Å²) in [5.41, 5.74) is -0.502. The van der Waals surface area contributed by atoms with Crippen molar-refractivity contribution in [3.63, 3.8) is 0 Å². The van der Waals surface area contributed by atoms with Gasteiger partial charge in [-0.2, -0.15) is 0 Å². The Hall–Kier alpha value is -1.30. The molecule has 2 rings (SSSR count). The zero-order valence-electron chi connectivity index (χ0n) is 14.3. The lowest BCUT2D eigenvalue weighted by molar-refractivity contribution is -0.143. The van der Waals surface area contributed by atoms with E-state index in [1.807, 2.05) is 39.5 Å². The minimum atomic E-state index is -0.502. The van der Waals surface area contributed by atoms with Gasteiger partial charge in [-0.05, 0) is 41.0 Å². The molecular weight excluding hydrogens is 284 g/mol. The van der Waals surface area contributed by atoms with Crippen LogP contribution in [0.2, 0.25) is 0 Å². The van der Waals surface area contributed by atoms with Crippen LogP contribution >= 0.6 is 0 Å². The fraction of sp³-hybridized carbons (Fsp3) is 0.875. The maximum absolute atomic E-state index is 12.6. The van der Waals surface area contributed by atoms with Crippen LogP contribution in [0.3, 0.4) is 0 Å². The predicted octanol–water partition coefficient (Wildman–Crippen LogP) is 1.88. The first kappa shape index (κ1) is 17.1. The van der Waals surface area contributed by atoms with Crippen molar-refractivity contribution in [2.75, 3.05) is 26.3 Å². The summed E-state index contributed by atoms with van der Waals surface area (Å²) in [7, 11) is 0. The van der Waals surface area contributed by atoms with E-state index in [1.54, 1.807) is 4.90 Å². The molecule has 0 spiro atoms. The van der Waals surface area contributed by atoms with Crippen LogP contribution in [0.15, 0.2) is 0 Å². The lowest BCUT2D eigenvalue weighted by atomic mass is 10.0. The highest BCUT2D eigenvalue weighted by Gasteiger charge is 2.39. The highest BCUT2D eigenvalue weighted by Crippen LogP contribution is 2.23. The molecule has 0 unspecified atom stereocenters. The topological polar surface area (TPSA) is 59.1 Å². The smallest absolute Gasteiger partial charge is 0.410 e. The van der Waals surface area contributed by atoms with Crippen molar-refractivity contribution in [2.24, 2.45) is 5.92 Å². The molecule has 126 valence electrons. The van der Waals surface area contributed by atoms with Crippen LogP contribution in [0.4, 0.5) is 4.79 Å². The van der Waals surface area contributed by atoms with E-state index in [4.69, 9.17) is 9.47 Å². The summed E-state index contributed by atoms with van der Waals surface area (Å²) >= 11 is 0. The van der Waals surface area contributed by atoms with E-state index in [2.05, 4.69) is 0 Å². The van der Waals surface area contributed by atoms with Crippen LogP contribution in [-0.2, 0) is 14.3 Å². The van der Waals surface area contributed by atoms with Gasteiger partial charge >= 0.3 is 6.09 Å². The maximum atomic E-state index is 12.6. The molecule has 2 fully saturated rings. The first-order valence-electron chi connectivity index (χ1n) is 8.07. The monoisotopic (exact) mass is 312 g/mol. The number of nitrogens with zero attached hydrogens (tertiary/aromatic N) is 2. The Bertz CT molecular complexity index is 414. The van der Waals surface area contributed by atoms with Gasteiger partial charge in [-0.15, -0.1) is 0 Å². The van der Waals surface area contributed by atoms with Crippen molar-refractivity contribution in [3.05, 3.63) is 0 Å². The molecule has 2 aliphatic heterocycles. The third kappa shape index (κ3) is 3.91. The molecule has 2 aliphatic rings. The number of rotatable bonds is 1. The normalized spacial score (nSPS) is 29.6. The first-order valence-corrected chi connectivity index (χ1v) is 8.07. The molecule has 6 nitrogen and oxygen atoms in total. The van der Waals surface area contributed by atoms with Crippen LogP contribution in [0.1, 0.15) is 41.0 Å². The summed E-state index contributed by atoms with van der Waals surface area (Å²) < 4.78 is 10.8. The predicted molar refractivity (Wildman–Crippen MR) is 82.5 cm³/mol. The molecule has 22 heavy (non-hydrogen) atoms. The quantitative estimate of drug-likeness (QED) is 0.742. The fourth-order valence-corrected chi connectivity index (χ4v) is 3.17. The molecule has 2 heterocycles. The molecule has 0 bridgehead atoms. The lowest BCUT2D eigenvalue weighted by Gasteiger charge is -2.45. The summed E-state index contributed by atoms with van der Waals surface area (Å²) in [5, 5.41) is 0. The Kier molecular flexibility index (Phi) is 5.00. The van der Waals surface area contributed by atoms with Crippen LogP contribution < -0.4 is 0 Å². The second-order valence-corrected chi connectivity index (χ2v) is 7.39. The Morgan fingerprint density at radius 2 is 1.73 bits per heavy atom. The van der Waals surface area contributed by atoms with Crippen molar-refractivity contribution in [2.45, 2.75) is 58.7 Å². The number of carbonyl (C=O) groups excluding carboxylic acids is 2. The highest BCUT2D eigenvalue weighted by molar-refractivity contribution is 5.80. The van der Waals surface area contributed by atoms with E-state index in [-0.39, 0.29) is 30.0 Å². The summed E-state index contributed by atoms with van der Waals surface area (Å²) in [5.74, 6) is 0.124. The number of amides is 2. The van der Waals surface area contributed by atoms with Gasteiger partial charge in [0.05, 0.1) is 12.5 Å². The summed E-state index contributed by atoms with van der Waals surface area (Å²) in [6, 6.07) is -0.0197. The van der Waals surface area contributed by atoms with Crippen LogP contribution in [0, 0.1) is 5.92 Å². The van der Waals surface area contributed by atoms with Gasteiger partial charge in [0.2, 0.25) is 5.91 Å². The zero-order valence-corrected chi connectivity index (χ0v) is 14.3. The number of hydrogen-bond acceptors (Lipinski definition) is 4. The summed E-state index contributed by atoms with van der Waals surface area (Å²) in [6.07, 6.45) is 0.493. The number of hydrogen-bond donors (Lipinski definition) is 0. The third-order valence-electron chi connectivity index (χ3n) is 4.10. The molecule has 3 atom stereocenters. The molecule has 6 heteroatoms. The first-order chi connectivity index (χ1) is 10.2.